The molecule has 0 aromatic heterocycles. The Kier molecular flexibility index (Phi) is 17.5. The van der Waals surface area contributed by atoms with Gasteiger partial charge in [-0.15, -0.1) is 0 Å². The summed E-state index contributed by atoms with van der Waals surface area (Å²) >= 11 is 0. The van der Waals surface area contributed by atoms with Gasteiger partial charge in [-0.05, 0) is 25.7 Å². The Hall–Kier alpha value is -1.32. The van der Waals surface area contributed by atoms with Crippen LogP contribution in [0.1, 0.15) is 110 Å². The van der Waals surface area contributed by atoms with Gasteiger partial charge in [-0.1, -0.05) is 89.7 Å². The Morgan fingerprint density at radius 2 is 1.19 bits per heavy atom. The molecule has 0 amide bonds. The van der Waals surface area contributed by atoms with Gasteiger partial charge in [-0.25, -0.2) is 0 Å². The van der Waals surface area contributed by atoms with Crippen LogP contribution >= 0.6 is 0 Å². The summed E-state index contributed by atoms with van der Waals surface area (Å²) in [6, 6.07) is 0. The van der Waals surface area contributed by atoms with E-state index in [4.69, 9.17) is 10.2 Å². The summed E-state index contributed by atoms with van der Waals surface area (Å²) in [7, 11) is 0. The van der Waals surface area contributed by atoms with Gasteiger partial charge < -0.3 is 10.2 Å². The molecule has 152 valence electrons. The monoisotopic (exact) mass is 368 g/mol. The molecule has 0 aromatic carbocycles. The molecule has 0 radical (unpaired) electrons. The molecule has 0 aliphatic heterocycles. The predicted molar refractivity (Wildman–Crippen MR) is 107 cm³/mol. The van der Waals surface area contributed by atoms with Crippen molar-refractivity contribution in [2.24, 2.45) is 5.92 Å². The lowest BCUT2D eigenvalue weighted by Crippen LogP contribution is -2.17. The Balaban J connectivity index is 3.29. The fraction of sp³-hybridized carbons (Fsp3) is 0.818. The van der Waals surface area contributed by atoms with Gasteiger partial charge >= 0.3 is 11.9 Å². The first kappa shape index (κ1) is 24.7. The van der Waals surface area contributed by atoms with Crippen molar-refractivity contribution >= 4 is 11.9 Å². The van der Waals surface area contributed by atoms with Crippen LogP contribution in [0.15, 0.2) is 12.2 Å². The molecule has 0 aliphatic carbocycles. The number of carboxylic acids is 2. The summed E-state index contributed by atoms with van der Waals surface area (Å²) in [5, 5.41) is 17.7. The molecule has 2 N–H and O–H groups in total. The van der Waals surface area contributed by atoms with Crippen molar-refractivity contribution in [3.8, 4) is 0 Å². The van der Waals surface area contributed by atoms with Crippen molar-refractivity contribution in [3.63, 3.8) is 0 Å². The SMILES string of the molecule is CCC=CCCCCCCCCCCCCCCC(CC(=O)O)C(=O)O. The van der Waals surface area contributed by atoms with E-state index < -0.39 is 17.9 Å². The van der Waals surface area contributed by atoms with Gasteiger partial charge in [0.1, 0.15) is 0 Å². The largest absolute Gasteiger partial charge is 0.481 e. The van der Waals surface area contributed by atoms with Crippen LogP contribution in [0.25, 0.3) is 0 Å². The van der Waals surface area contributed by atoms with E-state index in [-0.39, 0.29) is 6.42 Å². The zero-order valence-electron chi connectivity index (χ0n) is 16.8. The molecule has 1 unspecified atom stereocenters. The van der Waals surface area contributed by atoms with Gasteiger partial charge in [0.2, 0.25) is 0 Å². The fourth-order valence-corrected chi connectivity index (χ4v) is 3.23. The van der Waals surface area contributed by atoms with E-state index in [0.717, 1.165) is 25.7 Å². The highest BCUT2D eigenvalue weighted by molar-refractivity contribution is 5.77. The fourth-order valence-electron chi connectivity index (χ4n) is 3.23. The quantitative estimate of drug-likeness (QED) is 0.199. The second-order valence-corrected chi connectivity index (χ2v) is 7.33. The van der Waals surface area contributed by atoms with Crippen LogP contribution in [-0.4, -0.2) is 22.2 Å². The Bertz CT molecular complexity index is 376. The Morgan fingerprint density at radius 3 is 1.62 bits per heavy atom. The van der Waals surface area contributed by atoms with Crippen molar-refractivity contribution in [2.75, 3.05) is 0 Å². The summed E-state index contributed by atoms with van der Waals surface area (Å²) < 4.78 is 0. The molecule has 4 nitrogen and oxygen atoms in total. The van der Waals surface area contributed by atoms with E-state index in [1.807, 2.05) is 0 Å². The van der Waals surface area contributed by atoms with E-state index >= 15 is 0 Å². The number of unbranched alkanes of at least 4 members (excludes halogenated alkanes) is 12. The van der Waals surface area contributed by atoms with Crippen LogP contribution in [0.2, 0.25) is 0 Å². The number of carboxylic acid groups (broad SMARTS) is 2. The maximum Gasteiger partial charge on any atom is 0.307 e. The van der Waals surface area contributed by atoms with Crippen molar-refractivity contribution in [3.05, 3.63) is 12.2 Å². The minimum atomic E-state index is -1.02. The summed E-state index contributed by atoms with van der Waals surface area (Å²) in [4.78, 5) is 21.6. The molecule has 0 aromatic rings. The molecule has 0 spiro atoms. The first-order valence-corrected chi connectivity index (χ1v) is 10.7. The molecule has 0 bridgehead atoms. The van der Waals surface area contributed by atoms with Gasteiger partial charge in [-0.2, -0.15) is 0 Å². The number of allylic oxidation sites excluding steroid dienone is 2. The van der Waals surface area contributed by atoms with Gasteiger partial charge in [0.25, 0.3) is 0 Å². The van der Waals surface area contributed by atoms with E-state index in [9.17, 15) is 9.59 Å². The lowest BCUT2D eigenvalue weighted by Gasteiger charge is -2.09. The topological polar surface area (TPSA) is 74.6 Å². The minimum absolute atomic E-state index is 0.259. The molecule has 0 saturated carbocycles. The maximum absolute atomic E-state index is 11.0. The summed E-state index contributed by atoms with van der Waals surface area (Å²) in [5.74, 6) is -2.73. The molecule has 4 heteroatoms. The number of hydrogen-bond donors (Lipinski definition) is 2. The van der Waals surface area contributed by atoms with Crippen LogP contribution in [0.4, 0.5) is 0 Å². The van der Waals surface area contributed by atoms with E-state index in [2.05, 4.69) is 19.1 Å². The van der Waals surface area contributed by atoms with Crippen molar-refractivity contribution in [1.82, 2.24) is 0 Å². The highest BCUT2D eigenvalue weighted by atomic mass is 16.4. The normalized spacial score (nSPS) is 12.5. The summed E-state index contributed by atoms with van der Waals surface area (Å²) in [6.45, 7) is 2.17. The Labute approximate surface area is 160 Å². The van der Waals surface area contributed by atoms with Gasteiger partial charge in [0, 0.05) is 0 Å². The first-order chi connectivity index (χ1) is 12.6. The van der Waals surface area contributed by atoms with E-state index in [0.29, 0.717) is 6.42 Å². The molecule has 26 heavy (non-hydrogen) atoms. The van der Waals surface area contributed by atoms with E-state index in [1.54, 1.807) is 0 Å². The number of rotatable bonds is 19. The lowest BCUT2D eigenvalue weighted by atomic mass is 9.97. The highest BCUT2D eigenvalue weighted by Crippen LogP contribution is 2.17. The molecular weight excluding hydrogens is 328 g/mol. The smallest absolute Gasteiger partial charge is 0.307 e. The standard InChI is InChI=1S/C22H40O4/c1-2-3-4-5-6-7-8-9-10-11-12-13-14-15-16-17-18-20(22(25)26)19-21(23)24/h3-4,20H,2,5-19H2,1H3,(H,23,24)(H,25,26). The molecule has 0 fully saturated rings. The third-order valence-electron chi connectivity index (χ3n) is 4.85. The molecule has 0 saturated heterocycles. The molecule has 0 heterocycles. The zero-order valence-corrected chi connectivity index (χ0v) is 16.8. The lowest BCUT2D eigenvalue weighted by molar-refractivity contribution is -0.148. The molecule has 1 atom stereocenters. The third-order valence-corrected chi connectivity index (χ3v) is 4.85. The van der Waals surface area contributed by atoms with Crippen LogP contribution in [0, 0.1) is 5.92 Å². The van der Waals surface area contributed by atoms with E-state index in [1.165, 1.54) is 64.2 Å². The van der Waals surface area contributed by atoms with Crippen molar-refractivity contribution in [1.29, 1.82) is 0 Å². The van der Waals surface area contributed by atoms with Crippen LogP contribution in [0.3, 0.4) is 0 Å². The highest BCUT2D eigenvalue weighted by Gasteiger charge is 2.20. The molecule has 0 aliphatic rings. The van der Waals surface area contributed by atoms with Crippen LogP contribution in [-0.2, 0) is 9.59 Å². The second kappa shape index (κ2) is 18.5. The average Bonchev–Trinajstić information content (AvgIpc) is 2.59. The maximum atomic E-state index is 11.0. The number of hydrogen-bond acceptors (Lipinski definition) is 2. The Morgan fingerprint density at radius 1 is 0.731 bits per heavy atom. The van der Waals surface area contributed by atoms with Crippen LogP contribution in [0.5, 0.6) is 0 Å². The van der Waals surface area contributed by atoms with Gasteiger partial charge in [-0.3, -0.25) is 9.59 Å². The molecule has 0 rings (SSSR count). The predicted octanol–water partition coefficient (Wildman–Crippen LogP) is 6.59. The number of aliphatic carboxylic acids is 2. The van der Waals surface area contributed by atoms with Crippen molar-refractivity contribution < 1.29 is 19.8 Å². The van der Waals surface area contributed by atoms with Crippen molar-refractivity contribution in [2.45, 2.75) is 110 Å². The summed E-state index contributed by atoms with van der Waals surface area (Å²) in [5.41, 5.74) is 0. The second-order valence-electron chi connectivity index (χ2n) is 7.33. The summed E-state index contributed by atoms with van der Waals surface area (Å²) in [6.07, 6.45) is 22.0. The van der Waals surface area contributed by atoms with Gasteiger partial charge in [0.15, 0.2) is 0 Å². The molecular formula is C22H40O4. The number of carbonyl (C=O) groups is 2. The zero-order chi connectivity index (χ0) is 19.5. The first-order valence-electron chi connectivity index (χ1n) is 10.7. The van der Waals surface area contributed by atoms with Gasteiger partial charge in [0.05, 0.1) is 12.3 Å². The third kappa shape index (κ3) is 17.5. The average molecular weight is 369 g/mol. The minimum Gasteiger partial charge on any atom is -0.481 e. The van der Waals surface area contributed by atoms with Crippen LogP contribution < -0.4 is 0 Å².